The first-order valence-corrected chi connectivity index (χ1v) is 8.75. The lowest BCUT2D eigenvalue weighted by Crippen LogP contribution is -2.44. The lowest BCUT2D eigenvalue weighted by atomic mass is 10.00. The maximum absolute atomic E-state index is 12.6. The summed E-state index contributed by atoms with van der Waals surface area (Å²) in [5, 5.41) is 21.8. The van der Waals surface area contributed by atoms with Crippen molar-refractivity contribution in [3.8, 4) is 0 Å². The van der Waals surface area contributed by atoms with Gasteiger partial charge in [0.25, 0.3) is 0 Å². The molecule has 0 aromatic carbocycles. The molecule has 0 fully saturated rings. The maximum atomic E-state index is 12.6. The van der Waals surface area contributed by atoms with Gasteiger partial charge in [0.05, 0.1) is 19.3 Å². The molecule has 0 aliphatic rings. The van der Waals surface area contributed by atoms with E-state index < -0.39 is 17.5 Å². The van der Waals surface area contributed by atoms with E-state index in [1.807, 2.05) is 6.92 Å². The number of aromatic nitrogens is 3. The fourth-order valence-electron chi connectivity index (χ4n) is 2.06. The standard InChI is InChI=1S/C15H21F3N6OS.HI/c1-4-19-13(20-6-12-23-11(8-26-12)15(16,17)18)21-9-14(2,25)10-5-22-24(3)7-10;/h5,7-8,25H,4,6,9H2,1-3H3,(H2,19,20,21);1H. The van der Waals surface area contributed by atoms with Gasteiger partial charge in [-0.15, -0.1) is 35.3 Å². The van der Waals surface area contributed by atoms with Crippen LogP contribution >= 0.6 is 35.3 Å². The summed E-state index contributed by atoms with van der Waals surface area (Å²) in [6.07, 6.45) is -1.18. The maximum Gasteiger partial charge on any atom is 0.434 e. The van der Waals surface area contributed by atoms with E-state index in [4.69, 9.17) is 0 Å². The van der Waals surface area contributed by atoms with Crippen LogP contribution in [0.4, 0.5) is 13.2 Å². The number of guanidine groups is 1. The number of aryl methyl sites for hydroxylation is 1. The Labute approximate surface area is 176 Å². The first-order valence-electron chi connectivity index (χ1n) is 7.87. The normalized spacial score (nSPS) is 14.4. The third kappa shape index (κ3) is 6.92. The molecule has 0 saturated heterocycles. The zero-order valence-corrected chi connectivity index (χ0v) is 18.2. The Kier molecular flexibility index (Phi) is 8.48. The van der Waals surface area contributed by atoms with Gasteiger partial charge in [-0.3, -0.25) is 4.68 Å². The van der Waals surface area contributed by atoms with Crippen LogP contribution in [-0.2, 0) is 25.4 Å². The molecule has 0 spiro atoms. The van der Waals surface area contributed by atoms with Crippen molar-refractivity contribution in [2.24, 2.45) is 12.0 Å². The second-order valence-corrected chi connectivity index (χ2v) is 6.79. The van der Waals surface area contributed by atoms with E-state index in [2.05, 4.69) is 25.7 Å². The number of nitrogens with one attached hydrogen (secondary N) is 2. The highest BCUT2D eigenvalue weighted by Gasteiger charge is 2.33. The van der Waals surface area contributed by atoms with Crippen LogP contribution in [-0.4, -0.2) is 38.9 Å². The van der Waals surface area contributed by atoms with E-state index in [0.717, 1.165) is 16.7 Å². The number of thiazole rings is 1. The molecule has 1 atom stereocenters. The molecular weight excluding hydrogens is 496 g/mol. The van der Waals surface area contributed by atoms with Crippen LogP contribution in [0.15, 0.2) is 22.8 Å². The van der Waals surface area contributed by atoms with Crippen molar-refractivity contribution in [3.63, 3.8) is 0 Å². The third-order valence-corrected chi connectivity index (χ3v) is 4.32. The predicted octanol–water partition coefficient (Wildman–Crippen LogP) is 2.48. The molecule has 0 radical (unpaired) electrons. The predicted molar refractivity (Wildman–Crippen MR) is 108 cm³/mol. The molecule has 1 unspecified atom stereocenters. The lowest BCUT2D eigenvalue weighted by molar-refractivity contribution is -0.140. The second-order valence-electron chi connectivity index (χ2n) is 5.85. The summed E-state index contributed by atoms with van der Waals surface area (Å²) in [6, 6.07) is 0. The minimum absolute atomic E-state index is 0. The summed E-state index contributed by atoms with van der Waals surface area (Å²) in [4.78, 5) is 7.77. The molecule has 0 amide bonds. The van der Waals surface area contributed by atoms with Gasteiger partial charge in [-0.1, -0.05) is 0 Å². The number of hydrogen-bond donors (Lipinski definition) is 3. The fraction of sp³-hybridized carbons (Fsp3) is 0.533. The topological polar surface area (TPSA) is 87.4 Å². The van der Waals surface area contributed by atoms with Gasteiger partial charge in [-0.2, -0.15) is 18.3 Å². The van der Waals surface area contributed by atoms with Crippen molar-refractivity contribution < 1.29 is 18.3 Å². The summed E-state index contributed by atoms with van der Waals surface area (Å²) in [7, 11) is 1.75. The summed E-state index contributed by atoms with van der Waals surface area (Å²) in [5.41, 5.74) is -1.46. The molecule has 3 N–H and O–H groups in total. The third-order valence-electron chi connectivity index (χ3n) is 3.49. The first kappa shape index (κ1) is 23.6. The van der Waals surface area contributed by atoms with Crippen LogP contribution in [0.25, 0.3) is 0 Å². The van der Waals surface area contributed by atoms with Gasteiger partial charge >= 0.3 is 6.18 Å². The molecule has 12 heteroatoms. The van der Waals surface area contributed by atoms with E-state index in [9.17, 15) is 18.3 Å². The molecule has 7 nitrogen and oxygen atoms in total. The molecule has 27 heavy (non-hydrogen) atoms. The van der Waals surface area contributed by atoms with Gasteiger partial charge in [0.2, 0.25) is 0 Å². The van der Waals surface area contributed by atoms with Gasteiger partial charge in [0.1, 0.15) is 10.6 Å². The highest BCUT2D eigenvalue weighted by molar-refractivity contribution is 14.0. The van der Waals surface area contributed by atoms with Crippen molar-refractivity contribution in [2.45, 2.75) is 32.2 Å². The van der Waals surface area contributed by atoms with Crippen molar-refractivity contribution in [3.05, 3.63) is 34.0 Å². The van der Waals surface area contributed by atoms with E-state index in [1.54, 1.807) is 31.0 Å². The highest BCUT2D eigenvalue weighted by Crippen LogP contribution is 2.30. The molecular formula is C15H22F3IN6OS. The Bertz CT molecular complexity index is 759. The molecule has 0 saturated carbocycles. The van der Waals surface area contributed by atoms with E-state index in [-0.39, 0.29) is 42.1 Å². The SMILES string of the molecule is CCNC(=NCc1nc(C(F)(F)F)cs1)NCC(C)(O)c1cnn(C)c1.I. The average Bonchev–Trinajstić information content (AvgIpc) is 3.19. The largest absolute Gasteiger partial charge is 0.434 e. The molecule has 2 rings (SSSR count). The van der Waals surface area contributed by atoms with E-state index >= 15 is 0 Å². The summed E-state index contributed by atoms with van der Waals surface area (Å²) in [5.74, 6) is 0.375. The lowest BCUT2D eigenvalue weighted by Gasteiger charge is -2.23. The molecule has 2 heterocycles. The quantitative estimate of drug-likeness (QED) is 0.311. The molecule has 2 aromatic heterocycles. The van der Waals surface area contributed by atoms with E-state index in [1.165, 1.54) is 0 Å². The molecule has 152 valence electrons. The Balaban J connectivity index is 0.00000364. The first-order chi connectivity index (χ1) is 12.1. The number of alkyl halides is 3. The summed E-state index contributed by atoms with van der Waals surface area (Å²) >= 11 is 0.906. The average molecular weight is 518 g/mol. The van der Waals surface area contributed by atoms with Crippen molar-refractivity contribution in [1.82, 2.24) is 25.4 Å². The van der Waals surface area contributed by atoms with Gasteiger partial charge in [0.15, 0.2) is 11.7 Å². The Morgan fingerprint density at radius 1 is 1.37 bits per heavy atom. The van der Waals surface area contributed by atoms with E-state index in [0.29, 0.717) is 18.1 Å². The van der Waals surface area contributed by atoms with Crippen molar-refractivity contribution >= 4 is 41.3 Å². The van der Waals surface area contributed by atoms with Crippen LogP contribution in [0.2, 0.25) is 0 Å². The van der Waals surface area contributed by atoms with Crippen LogP contribution in [0, 0.1) is 0 Å². The minimum atomic E-state index is -4.45. The van der Waals surface area contributed by atoms with Gasteiger partial charge in [-0.25, -0.2) is 9.98 Å². The van der Waals surface area contributed by atoms with Crippen molar-refractivity contribution in [2.75, 3.05) is 13.1 Å². The smallest absolute Gasteiger partial charge is 0.383 e. The highest BCUT2D eigenvalue weighted by atomic mass is 127. The number of aliphatic hydroxyl groups is 1. The zero-order valence-electron chi connectivity index (χ0n) is 15.0. The van der Waals surface area contributed by atoms with Gasteiger partial charge < -0.3 is 15.7 Å². The number of aliphatic imine (C=N–C) groups is 1. The number of rotatable bonds is 6. The molecule has 2 aromatic rings. The summed E-state index contributed by atoms with van der Waals surface area (Å²) in [6.45, 7) is 4.21. The molecule has 0 bridgehead atoms. The number of hydrogen-bond acceptors (Lipinski definition) is 5. The number of nitrogens with zero attached hydrogens (tertiary/aromatic N) is 4. The molecule has 0 aliphatic carbocycles. The summed E-state index contributed by atoms with van der Waals surface area (Å²) < 4.78 is 39.3. The Hall–Kier alpha value is -1.41. The number of halogens is 4. The van der Waals surface area contributed by atoms with Crippen LogP contribution in [0.5, 0.6) is 0 Å². The van der Waals surface area contributed by atoms with Crippen LogP contribution in [0.3, 0.4) is 0 Å². The zero-order chi connectivity index (χ0) is 19.4. The molecule has 0 aliphatic heterocycles. The van der Waals surface area contributed by atoms with Gasteiger partial charge in [-0.05, 0) is 13.8 Å². The van der Waals surface area contributed by atoms with Crippen molar-refractivity contribution in [1.29, 1.82) is 0 Å². The Morgan fingerprint density at radius 2 is 2.07 bits per heavy atom. The Morgan fingerprint density at radius 3 is 2.59 bits per heavy atom. The minimum Gasteiger partial charge on any atom is -0.383 e. The second kappa shape index (κ2) is 9.68. The fourth-order valence-corrected chi connectivity index (χ4v) is 2.78. The van der Waals surface area contributed by atoms with Gasteiger partial charge in [0, 0.05) is 30.7 Å². The van der Waals surface area contributed by atoms with Crippen LogP contribution in [0.1, 0.15) is 30.1 Å². The monoisotopic (exact) mass is 518 g/mol. The van der Waals surface area contributed by atoms with Crippen LogP contribution < -0.4 is 10.6 Å².